The Morgan fingerprint density at radius 2 is 1.60 bits per heavy atom. The first kappa shape index (κ1) is 21.8. The molecule has 3 aromatic rings. The number of ether oxygens (including phenoxy) is 2. The van der Waals surface area contributed by atoms with Crippen molar-refractivity contribution in [1.82, 2.24) is 14.9 Å². The van der Waals surface area contributed by atoms with Crippen LogP contribution in [-0.4, -0.2) is 38.9 Å². The first-order valence-electron chi connectivity index (χ1n) is 9.48. The molecule has 0 bridgehead atoms. The summed E-state index contributed by atoms with van der Waals surface area (Å²) in [6.07, 6.45) is 0.691. The number of methoxy groups -OCH3 is 2. The van der Waals surface area contributed by atoms with Crippen molar-refractivity contribution in [2.75, 3.05) is 14.2 Å². The van der Waals surface area contributed by atoms with Crippen LogP contribution in [0.1, 0.15) is 25.8 Å². The number of rotatable bonds is 8. The van der Waals surface area contributed by atoms with E-state index in [9.17, 15) is 8.42 Å². The smallest absolute Gasteiger partial charge is 0.248 e. The lowest BCUT2D eigenvalue weighted by molar-refractivity contribution is 0.355. The van der Waals surface area contributed by atoms with Gasteiger partial charge in [0.05, 0.1) is 19.1 Å². The molecule has 3 rings (SSSR count). The third-order valence-corrected chi connectivity index (χ3v) is 6.48. The second kappa shape index (κ2) is 8.85. The molecule has 0 amide bonds. The van der Waals surface area contributed by atoms with Crippen molar-refractivity contribution in [2.45, 2.75) is 38.1 Å². The van der Waals surface area contributed by atoms with Gasteiger partial charge in [0, 0.05) is 17.2 Å². The molecule has 0 aliphatic heterocycles. The fourth-order valence-electron chi connectivity index (χ4n) is 2.86. The van der Waals surface area contributed by atoms with Crippen LogP contribution in [0.15, 0.2) is 45.7 Å². The lowest BCUT2D eigenvalue weighted by Gasteiger charge is -2.14. The maximum Gasteiger partial charge on any atom is 0.248 e. The maximum absolute atomic E-state index is 12.8. The molecule has 1 atom stereocenters. The van der Waals surface area contributed by atoms with E-state index in [1.54, 1.807) is 57.5 Å². The standard InChI is InChI=1S/C21H25N3O5S/c1-6-14(3)24-30(25,26)19-12-16(8-7-13(19)2)21-23-22-20(29-21)15-9-10-17(27-4)18(11-15)28-5/h7-12,14,24H,6H2,1-5H3/t14-/m0/s1. The van der Waals surface area contributed by atoms with E-state index in [2.05, 4.69) is 14.9 Å². The van der Waals surface area contributed by atoms with E-state index in [-0.39, 0.29) is 22.7 Å². The molecule has 0 aliphatic carbocycles. The van der Waals surface area contributed by atoms with Crippen LogP contribution in [0.3, 0.4) is 0 Å². The third kappa shape index (κ3) is 4.47. The molecule has 0 saturated carbocycles. The Kier molecular flexibility index (Phi) is 6.42. The Bertz CT molecular complexity index is 1140. The van der Waals surface area contributed by atoms with Gasteiger partial charge in [0.15, 0.2) is 11.5 Å². The van der Waals surface area contributed by atoms with Crippen molar-refractivity contribution < 1.29 is 22.3 Å². The van der Waals surface area contributed by atoms with Crippen LogP contribution >= 0.6 is 0 Å². The molecule has 0 fully saturated rings. The second-order valence-corrected chi connectivity index (χ2v) is 8.58. The molecule has 0 aliphatic rings. The summed E-state index contributed by atoms with van der Waals surface area (Å²) in [5.74, 6) is 1.63. The largest absolute Gasteiger partial charge is 0.493 e. The average Bonchev–Trinajstić information content (AvgIpc) is 3.23. The van der Waals surface area contributed by atoms with Gasteiger partial charge in [-0.15, -0.1) is 10.2 Å². The Balaban J connectivity index is 1.96. The SMILES string of the molecule is CC[C@H](C)NS(=O)(=O)c1cc(-c2nnc(-c3ccc(OC)c(OC)c3)o2)ccc1C. The summed E-state index contributed by atoms with van der Waals surface area (Å²) >= 11 is 0. The van der Waals surface area contributed by atoms with E-state index in [4.69, 9.17) is 13.9 Å². The van der Waals surface area contributed by atoms with Crippen molar-refractivity contribution in [1.29, 1.82) is 0 Å². The highest BCUT2D eigenvalue weighted by atomic mass is 32.2. The molecule has 2 aromatic carbocycles. The van der Waals surface area contributed by atoms with E-state index in [0.29, 0.717) is 34.6 Å². The Labute approximate surface area is 176 Å². The zero-order chi connectivity index (χ0) is 21.9. The number of hydrogen-bond donors (Lipinski definition) is 1. The fraction of sp³-hybridized carbons (Fsp3) is 0.333. The third-order valence-electron chi connectivity index (χ3n) is 4.75. The first-order chi connectivity index (χ1) is 14.3. The van der Waals surface area contributed by atoms with E-state index in [1.165, 1.54) is 0 Å². The highest BCUT2D eigenvalue weighted by Crippen LogP contribution is 2.33. The predicted octanol–water partition coefficient (Wildman–Crippen LogP) is 3.81. The van der Waals surface area contributed by atoms with Gasteiger partial charge in [0.1, 0.15) is 0 Å². The summed E-state index contributed by atoms with van der Waals surface area (Å²) in [6, 6.07) is 10.1. The summed E-state index contributed by atoms with van der Waals surface area (Å²) in [5, 5.41) is 8.18. The molecule has 0 spiro atoms. The number of benzene rings is 2. The zero-order valence-corrected chi connectivity index (χ0v) is 18.4. The summed E-state index contributed by atoms with van der Waals surface area (Å²) in [6.45, 7) is 5.49. The van der Waals surface area contributed by atoms with Gasteiger partial charge in [-0.2, -0.15) is 0 Å². The minimum absolute atomic E-state index is 0.168. The highest BCUT2D eigenvalue weighted by Gasteiger charge is 2.21. The zero-order valence-electron chi connectivity index (χ0n) is 17.6. The summed E-state index contributed by atoms with van der Waals surface area (Å²) in [5.41, 5.74) is 1.81. The van der Waals surface area contributed by atoms with Crippen LogP contribution in [0.25, 0.3) is 22.9 Å². The van der Waals surface area contributed by atoms with Gasteiger partial charge in [0.25, 0.3) is 0 Å². The maximum atomic E-state index is 12.8. The van der Waals surface area contributed by atoms with Crippen molar-refractivity contribution in [3.05, 3.63) is 42.0 Å². The van der Waals surface area contributed by atoms with E-state index in [0.717, 1.165) is 0 Å². The van der Waals surface area contributed by atoms with Gasteiger partial charge < -0.3 is 13.9 Å². The lowest BCUT2D eigenvalue weighted by atomic mass is 10.1. The summed E-state index contributed by atoms with van der Waals surface area (Å²) in [4.78, 5) is 0.186. The van der Waals surface area contributed by atoms with Crippen LogP contribution in [0, 0.1) is 6.92 Å². The number of nitrogens with zero attached hydrogens (tertiary/aromatic N) is 2. The van der Waals surface area contributed by atoms with E-state index >= 15 is 0 Å². The van der Waals surface area contributed by atoms with E-state index in [1.807, 2.05) is 13.8 Å². The van der Waals surface area contributed by atoms with Crippen molar-refractivity contribution >= 4 is 10.0 Å². The molecular weight excluding hydrogens is 406 g/mol. The Hall–Kier alpha value is -2.91. The van der Waals surface area contributed by atoms with Crippen LogP contribution in [0.2, 0.25) is 0 Å². The average molecular weight is 432 g/mol. The van der Waals surface area contributed by atoms with E-state index < -0.39 is 10.0 Å². The van der Waals surface area contributed by atoms with Crippen molar-refractivity contribution in [2.24, 2.45) is 0 Å². The molecule has 9 heteroatoms. The van der Waals surface area contributed by atoms with Crippen molar-refractivity contribution in [3.8, 4) is 34.4 Å². The molecule has 160 valence electrons. The number of aryl methyl sites for hydroxylation is 1. The summed E-state index contributed by atoms with van der Waals surface area (Å²) in [7, 11) is -0.564. The van der Waals surface area contributed by atoms with Crippen LogP contribution < -0.4 is 14.2 Å². The number of aromatic nitrogens is 2. The number of hydrogen-bond acceptors (Lipinski definition) is 7. The monoisotopic (exact) mass is 431 g/mol. The molecular formula is C21H25N3O5S. The minimum atomic E-state index is -3.67. The molecule has 0 radical (unpaired) electrons. The second-order valence-electron chi connectivity index (χ2n) is 6.89. The van der Waals surface area contributed by atoms with Gasteiger partial charge in [-0.05, 0) is 56.2 Å². The quantitative estimate of drug-likeness (QED) is 0.578. The van der Waals surface area contributed by atoms with Gasteiger partial charge in [-0.25, -0.2) is 13.1 Å². The first-order valence-corrected chi connectivity index (χ1v) is 11.0. The van der Waals surface area contributed by atoms with Crippen molar-refractivity contribution in [3.63, 3.8) is 0 Å². The molecule has 0 unspecified atom stereocenters. The molecule has 1 aromatic heterocycles. The Morgan fingerprint density at radius 1 is 1.00 bits per heavy atom. The Morgan fingerprint density at radius 3 is 2.20 bits per heavy atom. The topological polar surface area (TPSA) is 104 Å². The normalized spacial score (nSPS) is 12.6. The molecule has 30 heavy (non-hydrogen) atoms. The van der Waals surface area contributed by atoms with Crippen LogP contribution in [-0.2, 0) is 10.0 Å². The molecule has 1 N–H and O–H groups in total. The van der Waals surface area contributed by atoms with Gasteiger partial charge in [0.2, 0.25) is 21.8 Å². The predicted molar refractivity (Wildman–Crippen MR) is 113 cm³/mol. The molecule has 1 heterocycles. The van der Waals surface area contributed by atoms with Gasteiger partial charge in [-0.3, -0.25) is 0 Å². The minimum Gasteiger partial charge on any atom is -0.493 e. The van der Waals surface area contributed by atoms with Crippen LogP contribution in [0.4, 0.5) is 0 Å². The summed E-state index contributed by atoms with van der Waals surface area (Å²) < 4.78 is 44.5. The van der Waals surface area contributed by atoms with Gasteiger partial charge >= 0.3 is 0 Å². The van der Waals surface area contributed by atoms with Crippen LogP contribution in [0.5, 0.6) is 11.5 Å². The fourth-order valence-corrected chi connectivity index (χ4v) is 4.46. The van der Waals surface area contributed by atoms with Gasteiger partial charge in [-0.1, -0.05) is 13.0 Å². The number of sulfonamides is 1. The number of nitrogens with one attached hydrogen (secondary N) is 1. The lowest BCUT2D eigenvalue weighted by Crippen LogP contribution is -2.32. The molecule has 8 nitrogen and oxygen atoms in total. The highest BCUT2D eigenvalue weighted by molar-refractivity contribution is 7.89. The molecule has 0 saturated heterocycles.